The Morgan fingerprint density at radius 2 is 2.12 bits per heavy atom. The molecule has 0 saturated carbocycles. The third-order valence-electron chi connectivity index (χ3n) is 2.72. The fraction of sp³-hybridized carbons (Fsp3) is 0.500. The van der Waals surface area contributed by atoms with Gasteiger partial charge in [0.25, 0.3) is 5.91 Å². The Kier molecular flexibility index (Phi) is 2.37. The SMILES string of the molecule is Cc1c(C(C)(C)C)cnc2c1NC(=O)CO2. The van der Waals surface area contributed by atoms with E-state index in [1.165, 1.54) is 0 Å². The number of amides is 1. The van der Waals surface area contributed by atoms with Crippen molar-refractivity contribution in [3.63, 3.8) is 0 Å². The van der Waals surface area contributed by atoms with E-state index in [4.69, 9.17) is 4.74 Å². The van der Waals surface area contributed by atoms with Gasteiger partial charge in [-0.3, -0.25) is 4.79 Å². The number of rotatable bonds is 0. The van der Waals surface area contributed by atoms with Crippen LogP contribution in [0, 0.1) is 6.92 Å². The van der Waals surface area contributed by atoms with E-state index in [1.54, 1.807) is 0 Å². The summed E-state index contributed by atoms with van der Waals surface area (Å²) in [4.78, 5) is 15.5. The number of fused-ring (bicyclic) bond motifs is 1. The van der Waals surface area contributed by atoms with Gasteiger partial charge in [-0.05, 0) is 23.5 Å². The van der Waals surface area contributed by atoms with Gasteiger partial charge in [0.1, 0.15) is 5.69 Å². The van der Waals surface area contributed by atoms with Crippen molar-refractivity contribution in [2.75, 3.05) is 11.9 Å². The molecule has 0 saturated heterocycles. The lowest BCUT2D eigenvalue weighted by Gasteiger charge is -2.26. The highest BCUT2D eigenvalue weighted by Gasteiger charge is 2.25. The first kappa shape index (κ1) is 10.9. The van der Waals surface area contributed by atoms with Crippen molar-refractivity contribution < 1.29 is 9.53 Å². The minimum Gasteiger partial charge on any atom is -0.466 e. The van der Waals surface area contributed by atoms with Gasteiger partial charge in [0, 0.05) is 6.20 Å². The molecular weight excluding hydrogens is 204 g/mol. The molecule has 0 spiro atoms. The smallest absolute Gasteiger partial charge is 0.262 e. The van der Waals surface area contributed by atoms with Gasteiger partial charge < -0.3 is 10.1 Å². The maximum atomic E-state index is 11.3. The molecule has 2 rings (SSSR count). The summed E-state index contributed by atoms with van der Waals surface area (Å²) in [5.74, 6) is 0.397. The van der Waals surface area contributed by atoms with Crippen LogP contribution < -0.4 is 10.1 Å². The lowest BCUT2D eigenvalue weighted by molar-refractivity contribution is -0.118. The van der Waals surface area contributed by atoms with E-state index in [2.05, 4.69) is 31.1 Å². The van der Waals surface area contributed by atoms with E-state index < -0.39 is 0 Å². The van der Waals surface area contributed by atoms with Crippen LogP contribution >= 0.6 is 0 Å². The topological polar surface area (TPSA) is 51.2 Å². The van der Waals surface area contributed by atoms with E-state index in [0.717, 1.165) is 11.1 Å². The molecule has 0 fully saturated rings. The van der Waals surface area contributed by atoms with Crippen molar-refractivity contribution in [1.82, 2.24) is 4.98 Å². The van der Waals surface area contributed by atoms with E-state index in [-0.39, 0.29) is 17.9 Å². The van der Waals surface area contributed by atoms with Crippen LogP contribution in [0.4, 0.5) is 5.69 Å². The second kappa shape index (κ2) is 3.47. The molecule has 86 valence electrons. The summed E-state index contributed by atoms with van der Waals surface area (Å²) in [7, 11) is 0. The first-order valence-corrected chi connectivity index (χ1v) is 5.32. The molecule has 1 aromatic rings. The number of hydrogen-bond donors (Lipinski definition) is 1. The number of hydrogen-bond acceptors (Lipinski definition) is 3. The predicted octanol–water partition coefficient (Wildman–Crippen LogP) is 2.02. The van der Waals surface area contributed by atoms with Gasteiger partial charge in [0.15, 0.2) is 6.61 Å². The number of carbonyl (C=O) groups is 1. The predicted molar refractivity (Wildman–Crippen MR) is 61.8 cm³/mol. The Labute approximate surface area is 95.0 Å². The van der Waals surface area contributed by atoms with Crippen LogP contribution in [0.15, 0.2) is 6.20 Å². The van der Waals surface area contributed by atoms with Gasteiger partial charge in [-0.25, -0.2) is 4.98 Å². The van der Waals surface area contributed by atoms with Gasteiger partial charge in [-0.1, -0.05) is 20.8 Å². The summed E-state index contributed by atoms with van der Waals surface area (Å²) < 4.78 is 5.26. The molecule has 1 amide bonds. The lowest BCUT2D eigenvalue weighted by atomic mass is 9.85. The second-order valence-corrected chi connectivity index (χ2v) is 5.06. The molecule has 0 radical (unpaired) electrons. The first-order chi connectivity index (χ1) is 7.39. The molecule has 1 N–H and O–H groups in total. The van der Waals surface area contributed by atoms with Crippen molar-refractivity contribution in [2.24, 2.45) is 0 Å². The van der Waals surface area contributed by atoms with Crippen LogP contribution in [0.5, 0.6) is 5.88 Å². The number of nitrogens with one attached hydrogen (secondary N) is 1. The maximum absolute atomic E-state index is 11.3. The molecule has 0 atom stereocenters. The lowest BCUT2D eigenvalue weighted by Crippen LogP contribution is -2.28. The zero-order chi connectivity index (χ0) is 11.9. The minimum atomic E-state index is -0.122. The fourth-order valence-electron chi connectivity index (χ4n) is 1.90. The van der Waals surface area contributed by atoms with E-state index in [9.17, 15) is 4.79 Å². The van der Waals surface area contributed by atoms with Gasteiger partial charge in [-0.2, -0.15) is 0 Å². The minimum absolute atomic E-state index is 0.00822. The van der Waals surface area contributed by atoms with E-state index >= 15 is 0 Å². The largest absolute Gasteiger partial charge is 0.466 e. The summed E-state index contributed by atoms with van der Waals surface area (Å²) in [6.07, 6.45) is 1.83. The summed E-state index contributed by atoms with van der Waals surface area (Å²) in [5, 5.41) is 2.81. The molecule has 0 bridgehead atoms. The highest BCUT2D eigenvalue weighted by Crippen LogP contribution is 2.35. The van der Waals surface area contributed by atoms with Gasteiger partial charge >= 0.3 is 0 Å². The highest BCUT2D eigenvalue weighted by molar-refractivity contribution is 5.95. The third kappa shape index (κ3) is 1.75. The molecule has 4 nitrogen and oxygen atoms in total. The van der Waals surface area contributed by atoms with Crippen LogP contribution in [0.2, 0.25) is 0 Å². The molecular formula is C12H16N2O2. The van der Waals surface area contributed by atoms with Gasteiger partial charge in [0.2, 0.25) is 5.88 Å². The number of anilines is 1. The van der Waals surface area contributed by atoms with Crippen LogP contribution in [-0.2, 0) is 10.2 Å². The van der Waals surface area contributed by atoms with Crippen LogP contribution in [-0.4, -0.2) is 17.5 Å². The third-order valence-corrected chi connectivity index (χ3v) is 2.72. The summed E-state index contributed by atoms with van der Waals surface area (Å²) in [5.41, 5.74) is 2.88. The summed E-state index contributed by atoms with van der Waals surface area (Å²) >= 11 is 0. The Bertz CT molecular complexity index is 447. The van der Waals surface area contributed by atoms with Gasteiger partial charge in [0.05, 0.1) is 0 Å². The van der Waals surface area contributed by atoms with Crippen LogP contribution in [0.3, 0.4) is 0 Å². The van der Waals surface area contributed by atoms with Crippen molar-refractivity contribution in [1.29, 1.82) is 0 Å². The Hall–Kier alpha value is -1.58. The molecule has 0 unspecified atom stereocenters. The summed E-state index contributed by atoms with van der Waals surface area (Å²) in [6.45, 7) is 8.39. The molecule has 1 aromatic heterocycles. The first-order valence-electron chi connectivity index (χ1n) is 5.32. The van der Waals surface area contributed by atoms with Crippen molar-refractivity contribution in [3.8, 4) is 5.88 Å². The average molecular weight is 220 g/mol. The molecule has 16 heavy (non-hydrogen) atoms. The zero-order valence-corrected chi connectivity index (χ0v) is 10.0. The standard InChI is InChI=1S/C12H16N2O2/c1-7-8(12(2,3)4)5-13-11-10(7)14-9(15)6-16-11/h5H,6H2,1-4H3,(H,14,15). The maximum Gasteiger partial charge on any atom is 0.262 e. The van der Waals surface area contributed by atoms with E-state index in [0.29, 0.717) is 11.6 Å². The molecule has 4 heteroatoms. The highest BCUT2D eigenvalue weighted by atomic mass is 16.5. The number of aromatic nitrogens is 1. The molecule has 2 heterocycles. The number of nitrogens with zero attached hydrogens (tertiary/aromatic N) is 1. The van der Waals surface area contributed by atoms with Gasteiger partial charge in [-0.15, -0.1) is 0 Å². The Morgan fingerprint density at radius 3 is 2.75 bits per heavy atom. The van der Waals surface area contributed by atoms with Crippen LogP contribution in [0.1, 0.15) is 31.9 Å². The van der Waals surface area contributed by atoms with Crippen molar-refractivity contribution in [2.45, 2.75) is 33.1 Å². The summed E-state index contributed by atoms with van der Waals surface area (Å²) in [6, 6.07) is 0. The molecule has 0 aromatic carbocycles. The molecule has 1 aliphatic heterocycles. The number of ether oxygens (including phenoxy) is 1. The zero-order valence-electron chi connectivity index (χ0n) is 10.0. The van der Waals surface area contributed by atoms with Crippen molar-refractivity contribution >= 4 is 11.6 Å². The number of pyridine rings is 1. The average Bonchev–Trinajstić information content (AvgIpc) is 2.17. The Morgan fingerprint density at radius 1 is 1.44 bits per heavy atom. The Balaban J connectivity index is 2.55. The quantitative estimate of drug-likeness (QED) is 0.727. The molecule has 0 aliphatic carbocycles. The monoisotopic (exact) mass is 220 g/mol. The molecule has 1 aliphatic rings. The van der Waals surface area contributed by atoms with Crippen LogP contribution in [0.25, 0.3) is 0 Å². The fourth-order valence-corrected chi connectivity index (χ4v) is 1.90. The number of carbonyl (C=O) groups excluding carboxylic acids is 1. The van der Waals surface area contributed by atoms with Crippen molar-refractivity contribution in [3.05, 3.63) is 17.3 Å². The normalized spacial score (nSPS) is 15.1. The van der Waals surface area contributed by atoms with E-state index in [1.807, 2.05) is 13.1 Å². The second-order valence-electron chi connectivity index (χ2n) is 5.06.